The summed E-state index contributed by atoms with van der Waals surface area (Å²) in [6.07, 6.45) is 0. The summed E-state index contributed by atoms with van der Waals surface area (Å²) in [7, 11) is 0. The van der Waals surface area contributed by atoms with Crippen LogP contribution in [-0.4, -0.2) is 35.8 Å². The molecule has 0 saturated heterocycles. The number of amides is 2. The second-order valence-corrected chi connectivity index (χ2v) is 7.44. The van der Waals surface area contributed by atoms with Crippen LogP contribution in [0.4, 0.5) is 0 Å². The number of benzene rings is 1. The lowest BCUT2D eigenvalue weighted by atomic mass is 9.95. The van der Waals surface area contributed by atoms with E-state index in [1.165, 1.54) is 5.56 Å². The quantitative estimate of drug-likeness (QED) is 0.760. The molecule has 1 atom stereocenters. The molecule has 2 N–H and O–H groups in total. The third kappa shape index (κ3) is 7.26. The zero-order chi connectivity index (χ0) is 19.0. The van der Waals surface area contributed by atoms with Gasteiger partial charge in [-0.25, -0.2) is 0 Å². The molecule has 25 heavy (non-hydrogen) atoms. The smallest absolute Gasteiger partial charge is 0.242 e. The van der Waals surface area contributed by atoms with Crippen molar-refractivity contribution >= 4 is 11.8 Å². The first-order valence-electron chi connectivity index (χ1n) is 9.06. The molecule has 1 rings (SSSR count). The van der Waals surface area contributed by atoms with Gasteiger partial charge in [0.1, 0.15) is 6.04 Å². The van der Waals surface area contributed by atoms with Crippen molar-refractivity contribution in [2.75, 3.05) is 13.1 Å². The van der Waals surface area contributed by atoms with Gasteiger partial charge in [-0.1, -0.05) is 58.9 Å². The molecular formula is C20H33N3O2. The fourth-order valence-electron chi connectivity index (χ4n) is 2.29. The fourth-order valence-corrected chi connectivity index (χ4v) is 2.29. The van der Waals surface area contributed by atoms with Crippen molar-refractivity contribution in [3.05, 3.63) is 35.4 Å². The van der Waals surface area contributed by atoms with E-state index in [1.54, 1.807) is 6.92 Å². The molecule has 0 radical (unpaired) electrons. The van der Waals surface area contributed by atoms with Crippen molar-refractivity contribution in [2.45, 2.75) is 60.7 Å². The normalized spacial score (nSPS) is 12.8. The molecule has 0 saturated carbocycles. The highest BCUT2D eigenvalue weighted by Crippen LogP contribution is 2.13. The van der Waals surface area contributed by atoms with E-state index in [4.69, 9.17) is 0 Å². The Bertz CT molecular complexity index is 557. The molecule has 0 bridgehead atoms. The summed E-state index contributed by atoms with van der Waals surface area (Å²) in [5.74, 6) is -0.305. The minimum atomic E-state index is -0.548. The first kappa shape index (κ1) is 21.2. The van der Waals surface area contributed by atoms with Gasteiger partial charge in [-0.2, -0.15) is 0 Å². The van der Waals surface area contributed by atoms with E-state index in [1.807, 2.05) is 32.9 Å². The van der Waals surface area contributed by atoms with Crippen molar-refractivity contribution in [1.29, 1.82) is 0 Å². The van der Waals surface area contributed by atoms with Gasteiger partial charge in [0.25, 0.3) is 0 Å². The molecule has 0 fully saturated rings. The minimum Gasteiger partial charge on any atom is -0.350 e. The first-order valence-corrected chi connectivity index (χ1v) is 9.06. The molecule has 2 amide bonds. The third-order valence-electron chi connectivity index (χ3n) is 4.21. The van der Waals surface area contributed by atoms with Gasteiger partial charge in [0.2, 0.25) is 11.8 Å². The zero-order valence-corrected chi connectivity index (χ0v) is 16.5. The van der Waals surface area contributed by atoms with E-state index < -0.39 is 11.5 Å². The average Bonchev–Trinajstić information content (AvgIpc) is 2.57. The molecule has 1 aromatic carbocycles. The minimum absolute atomic E-state index is 0.129. The highest BCUT2D eigenvalue weighted by Gasteiger charge is 2.24. The molecule has 0 spiro atoms. The van der Waals surface area contributed by atoms with E-state index in [2.05, 4.69) is 41.5 Å². The number of nitrogens with one attached hydrogen (secondary N) is 2. The molecule has 1 aromatic rings. The fraction of sp³-hybridized carbons (Fsp3) is 0.600. The Kier molecular flexibility index (Phi) is 8.10. The number of carbonyl (C=O) groups is 2. The van der Waals surface area contributed by atoms with Crippen LogP contribution >= 0.6 is 0 Å². The Labute approximate surface area is 152 Å². The Morgan fingerprint density at radius 2 is 1.56 bits per heavy atom. The van der Waals surface area contributed by atoms with E-state index in [0.29, 0.717) is 6.54 Å². The van der Waals surface area contributed by atoms with Gasteiger partial charge in [-0.05, 0) is 31.1 Å². The third-order valence-corrected chi connectivity index (χ3v) is 4.21. The average molecular weight is 348 g/mol. The summed E-state index contributed by atoms with van der Waals surface area (Å²) < 4.78 is 0. The molecule has 0 heterocycles. The number of carbonyl (C=O) groups excluding carboxylic acids is 2. The van der Waals surface area contributed by atoms with Gasteiger partial charge in [0, 0.05) is 18.5 Å². The number of hydrogen-bond donors (Lipinski definition) is 2. The van der Waals surface area contributed by atoms with Crippen molar-refractivity contribution < 1.29 is 9.59 Å². The summed E-state index contributed by atoms with van der Waals surface area (Å²) in [5, 5.41) is 5.62. The summed E-state index contributed by atoms with van der Waals surface area (Å²) in [6, 6.07) is 7.73. The summed E-state index contributed by atoms with van der Waals surface area (Å²) in [5.41, 5.74) is 1.81. The number of rotatable bonds is 8. The lowest BCUT2D eigenvalue weighted by Crippen LogP contribution is -2.48. The van der Waals surface area contributed by atoms with Crippen LogP contribution in [0.1, 0.15) is 52.7 Å². The molecule has 1 unspecified atom stereocenters. The maximum atomic E-state index is 12.1. The van der Waals surface area contributed by atoms with E-state index in [9.17, 15) is 9.59 Å². The highest BCUT2D eigenvalue weighted by atomic mass is 16.2. The van der Waals surface area contributed by atoms with Crippen LogP contribution in [0.2, 0.25) is 0 Å². The Balaban J connectivity index is 2.49. The topological polar surface area (TPSA) is 61.4 Å². The van der Waals surface area contributed by atoms with Crippen LogP contribution in [0.15, 0.2) is 24.3 Å². The second kappa shape index (κ2) is 9.56. The van der Waals surface area contributed by atoms with Crippen LogP contribution in [0.5, 0.6) is 0 Å². The standard InChI is InChI=1S/C20H33N3O2/c1-7-23(8-2)14-17-11-9-16(10-12-17)13-21-18(24)15(3)22-19(25)20(4,5)6/h9-12,15H,7-8,13-14H2,1-6H3,(H,21,24)(H,22,25). The van der Waals surface area contributed by atoms with E-state index >= 15 is 0 Å². The van der Waals surface area contributed by atoms with Crippen LogP contribution in [-0.2, 0) is 22.7 Å². The SMILES string of the molecule is CCN(CC)Cc1ccc(CNC(=O)C(C)NC(=O)C(C)(C)C)cc1. The van der Waals surface area contributed by atoms with Crippen LogP contribution in [0.3, 0.4) is 0 Å². The number of nitrogens with zero attached hydrogens (tertiary/aromatic N) is 1. The largest absolute Gasteiger partial charge is 0.350 e. The van der Waals surface area contributed by atoms with Gasteiger partial charge in [0.15, 0.2) is 0 Å². The van der Waals surface area contributed by atoms with Gasteiger partial charge < -0.3 is 10.6 Å². The molecule has 0 aliphatic carbocycles. The van der Waals surface area contributed by atoms with Crippen LogP contribution in [0, 0.1) is 5.41 Å². The number of hydrogen-bond acceptors (Lipinski definition) is 3. The van der Waals surface area contributed by atoms with Gasteiger partial charge in [0.05, 0.1) is 0 Å². The highest BCUT2D eigenvalue weighted by molar-refractivity contribution is 5.89. The Morgan fingerprint density at radius 1 is 1.04 bits per heavy atom. The van der Waals surface area contributed by atoms with Crippen molar-refractivity contribution in [3.63, 3.8) is 0 Å². The molecular weight excluding hydrogens is 314 g/mol. The van der Waals surface area contributed by atoms with Crippen LogP contribution in [0.25, 0.3) is 0 Å². The first-order chi connectivity index (χ1) is 11.7. The summed E-state index contributed by atoms with van der Waals surface area (Å²) in [6.45, 7) is 15.0. The molecule has 0 aliphatic heterocycles. The second-order valence-electron chi connectivity index (χ2n) is 7.44. The molecule has 0 aromatic heterocycles. The molecule has 140 valence electrons. The molecule has 5 nitrogen and oxygen atoms in total. The van der Waals surface area contributed by atoms with Crippen molar-refractivity contribution in [3.8, 4) is 0 Å². The predicted molar refractivity (Wildman–Crippen MR) is 102 cm³/mol. The maximum Gasteiger partial charge on any atom is 0.242 e. The van der Waals surface area contributed by atoms with Crippen molar-refractivity contribution in [2.24, 2.45) is 5.41 Å². The maximum absolute atomic E-state index is 12.1. The summed E-state index contributed by atoms with van der Waals surface area (Å²) in [4.78, 5) is 26.4. The molecule has 0 aliphatic rings. The monoisotopic (exact) mass is 347 g/mol. The Hall–Kier alpha value is -1.88. The van der Waals surface area contributed by atoms with E-state index in [0.717, 1.165) is 25.2 Å². The lowest BCUT2D eigenvalue weighted by Gasteiger charge is -2.21. The van der Waals surface area contributed by atoms with E-state index in [-0.39, 0.29) is 11.8 Å². The predicted octanol–water partition coefficient (Wildman–Crippen LogP) is 2.70. The van der Waals surface area contributed by atoms with Gasteiger partial charge in [-0.3, -0.25) is 14.5 Å². The van der Waals surface area contributed by atoms with Gasteiger partial charge in [-0.15, -0.1) is 0 Å². The Morgan fingerprint density at radius 3 is 2.04 bits per heavy atom. The zero-order valence-electron chi connectivity index (χ0n) is 16.5. The van der Waals surface area contributed by atoms with Crippen molar-refractivity contribution in [1.82, 2.24) is 15.5 Å². The van der Waals surface area contributed by atoms with Gasteiger partial charge >= 0.3 is 0 Å². The molecule has 5 heteroatoms. The lowest BCUT2D eigenvalue weighted by molar-refractivity contribution is -0.133. The summed E-state index contributed by atoms with van der Waals surface area (Å²) >= 11 is 0. The van der Waals surface area contributed by atoms with Crippen LogP contribution < -0.4 is 10.6 Å².